The molecule has 7 nitrogen and oxygen atoms in total. The van der Waals surface area contributed by atoms with E-state index in [4.69, 9.17) is 0 Å². The minimum atomic E-state index is -0.490. The molecule has 0 saturated heterocycles. The molecule has 4 aromatic rings. The van der Waals surface area contributed by atoms with E-state index in [-0.39, 0.29) is 17.2 Å². The number of aromatic nitrogens is 1. The van der Waals surface area contributed by atoms with Crippen molar-refractivity contribution in [3.05, 3.63) is 112 Å². The molecule has 0 spiro atoms. The number of carbonyl (C=O) groups excluding carboxylic acids is 1. The number of rotatable bonds is 5. The lowest BCUT2D eigenvalue weighted by atomic mass is 10.1. The third kappa shape index (κ3) is 4.04. The van der Waals surface area contributed by atoms with Gasteiger partial charge in [-0.3, -0.25) is 24.8 Å². The van der Waals surface area contributed by atoms with Gasteiger partial charge in [0.05, 0.1) is 21.9 Å². The summed E-state index contributed by atoms with van der Waals surface area (Å²) in [5.74, 6) is -0.340. The number of benzene rings is 3. The Morgan fingerprint density at radius 2 is 1.67 bits per heavy atom. The number of para-hydroxylation sites is 2. The van der Waals surface area contributed by atoms with E-state index < -0.39 is 4.92 Å². The fraction of sp³-hybridized carbons (Fsp3) is 0.0400. The monoisotopic (exact) mass is 454 g/mol. The molecule has 8 heteroatoms. The first-order chi connectivity index (χ1) is 16.1. The topological polar surface area (TPSA) is 88.4 Å². The van der Waals surface area contributed by atoms with Crippen molar-refractivity contribution >= 4 is 40.4 Å². The number of non-ortho nitro benzene ring substituents is 1. The van der Waals surface area contributed by atoms with Gasteiger partial charge in [0.1, 0.15) is 0 Å². The summed E-state index contributed by atoms with van der Waals surface area (Å²) < 4.78 is 0. The molecule has 0 fully saturated rings. The highest BCUT2D eigenvalue weighted by Gasteiger charge is 2.30. The van der Waals surface area contributed by atoms with Gasteiger partial charge >= 0.3 is 0 Å². The summed E-state index contributed by atoms with van der Waals surface area (Å²) in [6.45, 7) is 0.426. The summed E-state index contributed by atoms with van der Waals surface area (Å²) in [4.78, 5) is 32.6. The average molecular weight is 455 g/mol. The van der Waals surface area contributed by atoms with Gasteiger partial charge in [-0.1, -0.05) is 42.1 Å². The molecule has 0 unspecified atom stereocenters. The number of nitro groups is 1. The van der Waals surface area contributed by atoms with E-state index in [0.717, 1.165) is 26.7 Å². The summed E-state index contributed by atoms with van der Waals surface area (Å²) in [6, 6.07) is 23.4. The number of hydrogen-bond donors (Lipinski definition) is 1. The Hall–Kier alpha value is -4.17. The largest absolute Gasteiger partial charge is 0.380 e. The molecule has 0 atom stereocenters. The third-order valence-electron chi connectivity index (χ3n) is 5.29. The van der Waals surface area contributed by atoms with Crippen LogP contribution in [0.3, 0.4) is 0 Å². The molecule has 0 bridgehead atoms. The molecule has 3 aromatic carbocycles. The van der Waals surface area contributed by atoms with Crippen LogP contribution >= 0.6 is 11.8 Å². The predicted molar refractivity (Wildman–Crippen MR) is 128 cm³/mol. The van der Waals surface area contributed by atoms with Gasteiger partial charge in [0, 0.05) is 46.5 Å². The summed E-state index contributed by atoms with van der Waals surface area (Å²) in [7, 11) is 0. The van der Waals surface area contributed by atoms with Crippen LogP contribution in [0.15, 0.2) is 101 Å². The summed E-state index contributed by atoms with van der Waals surface area (Å²) in [5, 5.41) is 14.7. The maximum Gasteiger partial charge on any atom is 0.270 e. The Morgan fingerprint density at radius 1 is 0.970 bits per heavy atom. The number of nitrogens with zero attached hydrogens (tertiary/aromatic N) is 3. The highest BCUT2D eigenvalue weighted by atomic mass is 32.2. The maximum absolute atomic E-state index is 14.0. The first kappa shape index (κ1) is 20.7. The van der Waals surface area contributed by atoms with Crippen LogP contribution in [0.25, 0.3) is 0 Å². The normalized spacial score (nSPS) is 11.9. The SMILES string of the molecule is O=C(c1cc([N+](=O)[O-])ccc1NCc1cccnc1)N1c2ccccc2Sc2ccccc21. The Balaban J connectivity index is 1.59. The van der Waals surface area contributed by atoms with Crippen molar-refractivity contribution in [2.45, 2.75) is 16.3 Å². The standard InChI is InChI=1S/C25H18N4O3S/c30-25(28-21-7-1-3-9-23(21)33-24-10-4-2-8-22(24)28)19-14-18(29(31)32)11-12-20(19)27-16-17-6-5-13-26-15-17/h1-15,27H,16H2. The number of nitrogens with one attached hydrogen (secondary N) is 1. The van der Waals surface area contributed by atoms with Gasteiger partial charge in [-0.25, -0.2) is 0 Å². The van der Waals surface area contributed by atoms with Gasteiger partial charge in [0.15, 0.2) is 0 Å². The molecule has 1 N–H and O–H groups in total. The van der Waals surface area contributed by atoms with E-state index in [1.54, 1.807) is 35.1 Å². The van der Waals surface area contributed by atoms with Crippen molar-refractivity contribution in [3.63, 3.8) is 0 Å². The number of anilines is 3. The van der Waals surface area contributed by atoms with Crippen LogP contribution in [0, 0.1) is 10.1 Å². The number of pyridine rings is 1. The highest BCUT2D eigenvalue weighted by molar-refractivity contribution is 7.99. The number of carbonyl (C=O) groups is 1. The second-order valence-electron chi connectivity index (χ2n) is 7.38. The Labute approximate surface area is 194 Å². The zero-order valence-electron chi connectivity index (χ0n) is 17.3. The van der Waals surface area contributed by atoms with Gasteiger partial charge in [-0.15, -0.1) is 0 Å². The van der Waals surface area contributed by atoms with Crippen LogP contribution in [0.1, 0.15) is 15.9 Å². The summed E-state index contributed by atoms with van der Waals surface area (Å²) in [5.41, 5.74) is 3.02. The fourth-order valence-corrected chi connectivity index (χ4v) is 4.78. The molecule has 2 heterocycles. The maximum atomic E-state index is 14.0. The molecule has 1 aliphatic rings. The first-order valence-electron chi connectivity index (χ1n) is 10.2. The molecule has 0 aliphatic carbocycles. The van der Waals surface area contributed by atoms with Crippen molar-refractivity contribution < 1.29 is 9.72 Å². The van der Waals surface area contributed by atoms with E-state index in [1.165, 1.54) is 12.1 Å². The lowest BCUT2D eigenvalue weighted by Gasteiger charge is -2.31. The van der Waals surface area contributed by atoms with Crippen molar-refractivity contribution in [1.82, 2.24) is 4.98 Å². The zero-order chi connectivity index (χ0) is 22.8. The number of hydrogen-bond acceptors (Lipinski definition) is 6. The van der Waals surface area contributed by atoms with Gasteiger partial charge in [0.2, 0.25) is 0 Å². The molecular formula is C25H18N4O3S. The van der Waals surface area contributed by atoms with Gasteiger partial charge in [-0.2, -0.15) is 0 Å². The van der Waals surface area contributed by atoms with Crippen LogP contribution < -0.4 is 10.2 Å². The highest BCUT2D eigenvalue weighted by Crippen LogP contribution is 2.48. The molecule has 0 saturated carbocycles. The Kier molecular flexibility index (Phi) is 5.50. The van der Waals surface area contributed by atoms with Crippen LogP contribution in [-0.4, -0.2) is 15.8 Å². The molecule has 33 heavy (non-hydrogen) atoms. The Bertz CT molecular complexity index is 1320. The van der Waals surface area contributed by atoms with E-state index in [0.29, 0.717) is 12.2 Å². The fourth-order valence-electron chi connectivity index (χ4n) is 3.72. The van der Waals surface area contributed by atoms with Crippen molar-refractivity contribution in [3.8, 4) is 0 Å². The van der Waals surface area contributed by atoms with E-state index in [2.05, 4.69) is 10.3 Å². The van der Waals surface area contributed by atoms with E-state index in [1.807, 2.05) is 60.7 Å². The molecular weight excluding hydrogens is 436 g/mol. The molecule has 5 rings (SSSR count). The smallest absolute Gasteiger partial charge is 0.270 e. The second-order valence-corrected chi connectivity index (χ2v) is 8.46. The quantitative estimate of drug-likeness (QED) is 0.292. The second kappa shape index (κ2) is 8.76. The van der Waals surface area contributed by atoms with E-state index in [9.17, 15) is 14.9 Å². The predicted octanol–water partition coefficient (Wildman–Crippen LogP) is 6.05. The summed E-state index contributed by atoms with van der Waals surface area (Å²) in [6.07, 6.45) is 3.42. The minimum absolute atomic E-state index is 0.141. The van der Waals surface area contributed by atoms with Gasteiger partial charge in [-0.05, 0) is 42.0 Å². The zero-order valence-corrected chi connectivity index (χ0v) is 18.2. The number of amides is 1. The molecule has 1 aromatic heterocycles. The first-order valence-corrected chi connectivity index (χ1v) is 11.0. The number of nitro benzene ring substituents is 1. The van der Waals surface area contributed by atoms with Crippen LogP contribution in [0.5, 0.6) is 0 Å². The van der Waals surface area contributed by atoms with Gasteiger partial charge < -0.3 is 5.32 Å². The molecule has 1 aliphatic heterocycles. The van der Waals surface area contributed by atoms with Crippen molar-refractivity contribution in [2.24, 2.45) is 0 Å². The molecule has 1 amide bonds. The summed E-state index contributed by atoms with van der Waals surface area (Å²) >= 11 is 1.59. The van der Waals surface area contributed by atoms with Crippen molar-refractivity contribution in [1.29, 1.82) is 0 Å². The van der Waals surface area contributed by atoms with Crippen LogP contribution in [0.2, 0.25) is 0 Å². The minimum Gasteiger partial charge on any atom is -0.380 e. The van der Waals surface area contributed by atoms with E-state index >= 15 is 0 Å². The van der Waals surface area contributed by atoms with Crippen LogP contribution in [-0.2, 0) is 6.54 Å². The lowest BCUT2D eigenvalue weighted by molar-refractivity contribution is -0.384. The Morgan fingerprint density at radius 3 is 2.30 bits per heavy atom. The lowest BCUT2D eigenvalue weighted by Crippen LogP contribution is -2.29. The molecule has 162 valence electrons. The average Bonchev–Trinajstić information content (AvgIpc) is 2.86. The van der Waals surface area contributed by atoms with Crippen LogP contribution in [0.4, 0.5) is 22.7 Å². The third-order valence-corrected chi connectivity index (χ3v) is 6.42. The van der Waals surface area contributed by atoms with Crippen molar-refractivity contribution in [2.75, 3.05) is 10.2 Å². The molecule has 0 radical (unpaired) electrons. The van der Waals surface area contributed by atoms with Gasteiger partial charge in [0.25, 0.3) is 11.6 Å². The number of fused-ring (bicyclic) bond motifs is 2.